The summed E-state index contributed by atoms with van der Waals surface area (Å²) in [7, 11) is 0. The number of aromatic nitrogens is 4. The number of anilines is 2. The number of nitrogens with zero attached hydrogens (tertiary/aromatic N) is 4. The first kappa shape index (κ1) is 9.65. The van der Waals surface area contributed by atoms with Gasteiger partial charge in [0, 0.05) is 17.8 Å². The number of nitrogens with one attached hydrogen (secondary N) is 1. The van der Waals surface area contributed by atoms with E-state index in [0.717, 1.165) is 16.7 Å². The van der Waals surface area contributed by atoms with Crippen molar-refractivity contribution in [1.29, 1.82) is 0 Å². The molecule has 0 aliphatic carbocycles. The van der Waals surface area contributed by atoms with Crippen LogP contribution in [0.1, 0.15) is 0 Å². The molecule has 0 aliphatic rings. The zero-order valence-corrected chi connectivity index (χ0v) is 8.91. The molecule has 3 rings (SSSR count). The van der Waals surface area contributed by atoms with Gasteiger partial charge in [-0.3, -0.25) is 4.98 Å². The largest absolute Gasteiger partial charge is 0.323 e. The smallest absolute Gasteiger partial charge is 0.150 e. The first-order valence-corrected chi connectivity index (χ1v) is 5.16. The Kier molecular flexibility index (Phi) is 2.34. The van der Waals surface area contributed by atoms with Crippen LogP contribution in [-0.4, -0.2) is 19.9 Å². The van der Waals surface area contributed by atoms with Crippen molar-refractivity contribution >= 4 is 22.5 Å². The van der Waals surface area contributed by atoms with Crippen LogP contribution >= 0.6 is 0 Å². The molecule has 0 unspecified atom stereocenters. The van der Waals surface area contributed by atoms with E-state index < -0.39 is 0 Å². The van der Waals surface area contributed by atoms with Gasteiger partial charge in [0.25, 0.3) is 0 Å². The highest BCUT2D eigenvalue weighted by Crippen LogP contribution is 2.20. The van der Waals surface area contributed by atoms with Crippen LogP contribution in [0.2, 0.25) is 0 Å². The van der Waals surface area contributed by atoms with Crippen LogP contribution in [-0.2, 0) is 0 Å². The summed E-state index contributed by atoms with van der Waals surface area (Å²) in [5.74, 6) is 1.40. The summed E-state index contributed by atoms with van der Waals surface area (Å²) in [6.07, 6.45) is 6.44. The highest BCUT2D eigenvalue weighted by Gasteiger charge is 2.03. The van der Waals surface area contributed by atoms with Gasteiger partial charge in [0.2, 0.25) is 0 Å². The molecule has 1 aromatic carbocycles. The molecule has 0 radical (unpaired) electrons. The predicted molar refractivity (Wildman–Crippen MR) is 64.9 cm³/mol. The highest BCUT2D eigenvalue weighted by molar-refractivity contribution is 5.89. The molecule has 5 heteroatoms. The van der Waals surface area contributed by atoms with Crippen molar-refractivity contribution in [2.75, 3.05) is 5.32 Å². The Balaban J connectivity index is 2.06. The third-order valence-corrected chi connectivity index (χ3v) is 2.35. The summed E-state index contributed by atoms with van der Waals surface area (Å²) in [5, 5.41) is 4.08. The number of rotatable bonds is 2. The first-order valence-electron chi connectivity index (χ1n) is 5.16. The lowest BCUT2D eigenvalue weighted by Gasteiger charge is -2.06. The normalized spacial score (nSPS) is 10.4. The first-order chi connectivity index (χ1) is 8.43. The SMILES string of the molecule is c1ccc2c(Nc3cnccn3)ncnc2c1. The average molecular weight is 223 g/mol. The van der Waals surface area contributed by atoms with Crippen LogP contribution in [0.3, 0.4) is 0 Å². The molecule has 3 aromatic rings. The molecule has 0 aliphatic heterocycles. The van der Waals surface area contributed by atoms with Gasteiger partial charge in [0.05, 0.1) is 11.7 Å². The Morgan fingerprint density at radius 1 is 0.941 bits per heavy atom. The third-order valence-electron chi connectivity index (χ3n) is 2.35. The van der Waals surface area contributed by atoms with Crippen molar-refractivity contribution in [3.8, 4) is 0 Å². The van der Waals surface area contributed by atoms with Crippen LogP contribution in [0.15, 0.2) is 49.2 Å². The minimum absolute atomic E-state index is 0.663. The number of para-hydroxylation sites is 1. The summed E-state index contributed by atoms with van der Waals surface area (Å²) < 4.78 is 0. The molecule has 0 bridgehead atoms. The molecule has 2 aromatic heterocycles. The zero-order chi connectivity index (χ0) is 11.5. The maximum atomic E-state index is 4.21. The number of hydrogen-bond donors (Lipinski definition) is 1. The monoisotopic (exact) mass is 223 g/mol. The maximum absolute atomic E-state index is 4.21. The molecule has 0 amide bonds. The summed E-state index contributed by atoms with van der Waals surface area (Å²) >= 11 is 0. The summed E-state index contributed by atoms with van der Waals surface area (Å²) in [5.41, 5.74) is 0.897. The Morgan fingerprint density at radius 3 is 2.76 bits per heavy atom. The van der Waals surface area contributed by atoms with Gasteiger partial charge in [-0.1, -0.05) is 12.1 Å². The molecule has 0 atom stereocenters. The van der Waals surface area contributed by atoms with Gasteiger partial charge in [-0.15, -0.1) is 0 Å². The van der Waals surface area contributed by atoms with E-state index in [9.17, 15) is 0 Å². The van der Waals surface area contributed by atoms with Gasteiger partial charge < -0.3 is 5.32 Å². The van der Waals surface area contributed by atoms with Gasteiger partial charge in [0.1, 0.15) is 18.0 Å². The quantitative estimate of drug-likeness (QED) is 0.721. The average Bonchev–Trinajstić information content (AvgIpc) is 2.40. The molecule has 2 heterocycles. The van der Waals surface area contributed by atoms with Crippen LogP contribution in [0, 0.1) is 0 Å². The molecule has 0 saturated carbocycles. The number of hydrogen-bond acceptors (Lipinski definition) is 5. The summed E-state index contributed by atoms with van der Waals surface area (Å²) in [6.45, 7) is 0. The van der Waals surface area contributed by atoms with Crippen molar-refractivity contribution in [3.05, 3.63) is 49.2 Å². The van der Waals surface area contributed by atoms with Crippen molar-refractivity contribution in [1.82, 2.24) is 19.9 Å². The molecule has 17 heavy (non-hydrogen) atoms. The second-order valence-corrected chi connectivity index (χ2v) is 3.46. The maximum Gasteiger partial charge on any atom is 0.150 e. The molecule has 1 N–H and O–H groups in total. The van der Waals surface area contributed by atoms with Crippen LogP contribution in [0.4, 0.5) is 11.6 Å². The predicted octanol–water partition coefficient (Wildman–Crippen LogP) is 2.16. The van der Waals surface area contributed by atoms with Crippen molar-refractivity contribution < 1.29 is 0 Å². The molecular formula is C12H9N5. The van der Waals surface area contributed by atoms with Crippen molar-refractivity contribution in [2.24, 2.45) is 0 Å². The minimum Gasteiger partial charge on any atom is -0.323 e. The third kappa shape index (κ3) is 1.90. The van der Waals surface area contributed by atoms with E-state index >= 15 is 0 Å². The minimum atomic E-state index is 0.663. The van der Waals surface area contributed by atoms with E-state index in [1.807, 2.05) is 24.3 Å². The van der Waals surface area contributed by atoms with E-state index in [1.54, 1.807) is 18.6 Å². The van der Waals surface area contributed by atoms with Gasteiger partial charge in [-0.2, -0.15) is 0 Å². The van der Waals surface area contributed by atoms with E-state index in [-0.39, 0.29) is 0 Å². The second-order valence-electron chi connectivity index (χ2n) is 3.46. The fourth-order valence-corrected chi connectivity index (χ4v) is 1.59. The highest BCUT2D eigenvalue weighted by atomic mass is 15.1. The zero-order valence-electron chi connectivity index (χ0n) is 8.91. The topological polar surface area (TPSA) is 63.6 Å². The van der Waals surface area contributed by atoms with Crippen molar-refractivity contribution in [3.63, 3.8) is 0 Å². The van der Waals surface area contributed by atoms with Gasteiger partial charge in [0.15, 0.2) is 0 Å². The van der Waals surface area contributed by atoms with E-state index in [4.69, 9.17) is 0 Å². The lowest BCUT2D eigenvalue weighted by atomic mass is 10.2. The lowest BCUT2D eigenvalue weighted by Crippen LogP contribution is -1.97. The fourth-order valence-electron chi connectivity index (χ4n) is 1.59. The Bertz CT molecular complexity index is 633. The fraction of sp³-hybridized carbons (Fsp3) is 0. The van der Waals surface area contributed by atoms with Gasteiger partial charge >= 0.3 is 0 Å². The summed E-state index contributed by atoms with van der Waals surface area (Å²) in [4.78, 5) is 16.5. The second kappa shape index (κ2) is 4.13. The Hall–Kier alpha value is -2.56. The molecule has 5 nitrogen and oxygen atoms in total. The lowest BCUT2D eigenvalue weighted by molar-refractivity contribution is 1.17. The van der Waals surface area contributed by atoms with Crippen LogP contribution < -0.4 is 5.32 Å². The summed E-state index contributed by atoms with van der Waals surface area (Å²) in [6, 6.07) is 7.81. The van der Waals surface area contributed by atoms with Crippen LogP contribution in [0.25, 0.3) is 10.9 Å². The van der Waals surface area contributed by atoms with E-state index in [1.165, 1.54) is 6.33 Å². The molecular weight excluding hydrogens is 214 g/mol. The van der Waals surface area contributed by atoms with Gasteiger partial charge in [-0.25, -0.2) is 15.0 Å². The Labute approximate surface area is 97.6 Å². The Morgan fingerprint density at radius 2 is 1.88 bits per heavy atom. The van der Waals surface area contributed by atoms with E-state index in [2.05, 4.69) is 25.3 Å². The standard InChI is InChI=1S/C12H9N5/c1-2-4-10-9(3-1)12(16-8-15-10)17-11-7-13-5-6-14-11/h1-8H,(H,14,15,16,17). The van der Waals surface area contributed by atoms with Crippen LogP contribution in [0.5, 0.6) is 0 Å². The molecule has 0 fully saturated rings. The van der Waals surface area contributed by atoms with Crippen molar-refractivity contribution in [2.45, 2.75) is 0 Å². The molecule has 0 spiro atoms. The molecule has 82 valence electrons. The number of fused-ring (bicyclic) bond motifs is 1. The van der Waals surface area contributed by atoms with Gasteiger partial charge in [-0.05, 0) is 12.1 Å². The molecule has 0 saturated heterocycles. The van der Waals surface area contributed by atoms with E-state index in [0.29, 0.717) is 5.82 Å². The number of benzene rings is 1.